The molecule has 0 spiro atoms. The van der Waals surface area contributed by atoms with Gasteiger partial charge in [-0.15, -0.1) is 136 Å². The Bertz CT molecular complexity index is 5240. The molecule has 12 aromatic heterocycles. The van der Waals surface area contributed by atoms with E-state index in [-0.39, 0.29) is 16.4 Å². The van der Waals surface area contributed by atoms with Crippen LogP contribution in [0.2, 0.25) is 0 Å². The molecule has 0 aliphatic heterocycles. The number of fused-ring (bicyclic) bond motifs is 6. The van der Waals surface area contributed by atoms with E-state index in [1.165, 1.54) is 252 Å². The van der Waals surface area contributed by atoms with Gasteiger partial charge in [-0.1, -0.05) is 172 Å². The van der Waals surface area contributed by atoms with E-state index < -0.39 is 23.6 Å². The van der Waals surface area contributed by atoms with Gasteiger partial charge in [0.2, 0.25) is 0 Å². The lowest BCUT2D eigenvalue weighted by molar-refractivity contribution is 0.0497. The Morgan fingerprint density at radius 1 is 0.366 bits per heavy atom. The van der Waals surface area contributed by atoms with Crippen molar-refractivity contribution in [1.29, 1.82) is 0 Å². The topological polar surface area (TPSA) is 52.6 Å². The van der Waals surface area contributed by atoms with Gasteiger partial charge in [-0.05, 0) is 213 Å². The first-order chi connectivity index (χ1) is 54.2. The van der Waals surface area contributed by atoms with Gasteiger partial charge in [0.1, 0.15) is 9.75 Å². The summed E-state index contributed by atoms with van der Waals surface area (Å²) in [5.41, 5.74) is 5.47. The van der Waals surface area contributed by atoms with Crippen LogP contribution in [0.1, 0.15) is 233 Å². The van der Waals surface area contributed by atoms with E-state index in [2.05, 4.69) is 199 Å². The summed E-state index contributed by atoms with van der Waals surface area (Å²) < 4.78 is 51.7. The minimum absolute atomic E-state index is 0.0395. The Balaban J connectivity index is 0.000000177. The highest BCUT2D eigenvalue weighted by Crippen LogP contribution is 2.58. The molecule has 0 radical (unpaired) electrons. The molecule has 0 N–H and O–H groups in total. The van der Waals surface area contributed by atoms with Crippen molar-refractivity contribution in [3.05, 3.63) is 139 Å². The van der Waals surface area contributed by atoms with Crippen LogP contribution in [0, 0.1) is 49.2 Å². The molecule has 14 rings (SSSR count). The third-order valence-electron chi connectivity index (χ3n) is 21.3. The second-order valence-electron chi connectivity index (χ2n) is 29.4. The number of thiophene rings is 12. The van der Waals surface area contributed by atoms with Crippen molar-refractivity contribution in [3.8, 4) is 51.5 Å². The van der Waals surface area contributed by atoms with Crippen LogP contribution in [-0.4, -0.2) is 25.2 Å². The zero-order valence-electron chi connectivity index (χ0n) is 66.0. The first-order valence-electron chi connectivity index (χ1n) is 40.0. The van der Waals surface area contributed by atoms with Gasteiger partial charge in [0.15, 0.2) is 11.6 Å². The largest absolute Gasteiger partial charge is 0.461 e. The van der Waals surface area contributed by atoms with Gasteiger partial charge in [-0.25, -0.2) is 18.4 Å². The molecule has 22 heteroatoms. The van der Waals surface area contributed by atoms with Crippen molar-refractivity contribution in [1.82, 2.24) is 0 Å². The van der Waals surface area contributed by atoms with E-state index >= 15 is 4.39 Å². The van der Waals surface area contributed by atoms with Crippen LogP contribution in [0.15, 0.2) is 87.9 Å². The van der Waals surface area contributed by atoms with Crippen molar-refractivity contribution >= 4 is 272 Å². The predicted octanol–water partition coefficient (Wildman–Crippen LogP) is 37.2. The quantitative estimate of drug-likeness (QED) is 0.0372. The molecule has 0 saturated heterocycles. The van der Waals surface area contributed by atoms with Crippen LogP contribution in [0.5, 0.6) is 0 Å². The minimum Gasteiger partial charge on any atom is -0.461 e. The van der Waals surface area contributed by atoms with Gasteiger partial charge in [0.05, 0.1) is 48.0 Å². The molecule has 0 aliphatic carbocycles. The highest BCUT2D eigenvalue weighted by molar-refractivity contribution is 9.12. The Kier molecular flexibility index (Phi) is 32.7. The maximum Gasteiger partial charge on any atom is 0.351 e. The Morgan fingerprint density at radius 3 is 1.10 bits per heavy atom. The van der Waals surface area contributed by atoms with Crippen LogP contribution in [0.25, 0.3) is 112 Å². The maximum atomic E-state index is 16.4. The molecule has 0 amide bonds. The number of hydrogen-bond donors (Lipinski definition) is 0. The fraction of sp³-hybridized carbons (Fsp3) is 0.444. The number of rotatable bonds is 35. The molecule has 12 heterocycles. The molecule has 4 unspecified atom stereocenters. The summed E-state index contributed by atoms with van der Waals surface area (Å²) in [5, 5.41) is 6.38. The Labute approximate surface area is 742 Å². The van der Waals surface area contributed by atoms with Gasteiger partial charge >= 0.3 is 11.9 Å². The molecule has 0 aliphatic rings. The number of carbonyl (C=O) groups excluding carboxylic acids is 2. The van der Waals surface area contributed by atoms with Crippen LogP contribution in [0.3, 0.4) is 0 Å². The van der Waals surface area contributed by atoms with E-state index in [4.69, 9.17) is 9.47 Å². The second-order valence-corrected chi connectivity index (χ2v) is 48.2. The lowest BCUT2D eigenvalue weighted by atomic mass is 9.95. The van der Waals surface area contributed by atoms with Crippen molar-refractivity contribution < 1.29 is 27.8 Å². The van der Waals surface area contributed by atoms with Gasteiger partial charge in [0.25, 0.3) is 0 Å². The van der Waals surface area contributed by atoms with Gasteiger partial charge in [-0.2, -0.15) is 0 Å². The number of benzene rings is 2. The standard InChI is InChI=1S/C46H53FO2S6.C34H40Br2S4.C10H7Br2FO2S2/c1-8-13-15-28(11-4)23-30-17-19-34(52-30)37-32-22-26(6)50-42(32)38(35-20-18-31(53-35)24-29(12-5)16-14-9-2)33-25-36(54-43(33)37)44-39-40(47)45(46(48)49-21-10-3)55-41(39)27(7)51-44;1-5-9-11-21(7-3)17-23-13-15-27(37-23)31-25-19-29(35)40-34(25)32(26-20-30(36)39-33(26)31)28-16-14-24(38-28)18-22(8-4)12-10-6-2;1-2-3-15-10(14)7-5(13)4-6(16-7)9(12)17-8(4)11/h17-20,22,25,28-29H,8-16,21,23-24H2,1-7H3;13-16,19-22H,5-12,17-18H2,1-4H3;2-3H2,1H3. The molecule has 112 heavy (non-hydrogen) atoms. The van der Waals surface area contributed by atoms with Crippen LogP contribution < -0.4 is 0 Å². The predicted molar refractivity (Wildman–Crippen MR) is 515 cm³/mol. The molecule has 2 aromatic carbocycles. The third kappa shape index (κ3) is 20.1. The van der Waals surface area contributed by atoms with Crippen molar-refractivity contribution in [2.24, 2.45) is 23.7 Å². The minimum atomic E-state index is -0.589. The van der Waals surface area contributed by atoms with E-state index in [0.29, 0.717) is 39.4 Å². The number of carbonyl (C=O) groups is 2. The first-order valence-corrected chi connectivity index (χ1v) is 53.0. The summed E-state index contributed by atoms with van der Waals surface area (Å²) in [4.78, 5) is 40.5. The number of unbranched alkanes of at least 4 members (excludes halogenated alkanes) is 4. The number of ether oxygens (including phenoxy) is 2. The summed E-state index contributed by atoms with van der Waals surface area (Å²) in [7, 11) is 0. The number of hydrogen-bond acceptors (Lipinski definition) is 16. The van der Waals surface area contributed by atoms with Crippen molar-refractivity contribution in [2.75, 3.05) is 13.2 Å². The van der Waals surface area contributed by atoms with Crippen molar-refractivity contribution in [2.45, 2.75) is 224 Å². The molecule has 0 saturated carbocycles. The zero-order valence-corrected chi connectivity index (χ0v) is 82.1. The van der Waals surface area contributed by atoms with E-state index in [1.807, 2.05) is 100 Å². The van der Waals surface area contributed by atoms with Gasteiger partial charge < -0.3 is 9.47 Å². The molecular weight excluding hydrogens is 1890 g/mol. The van der Waals surface area contributed by atoms with Crippen LogP contribution >= 0.6 is 200 Å². The van der Waals surface area contributed by atoms with Crippen molar-refractivity contribution in [3.63, 3.8) is 0 Å². The average molecular weight is 1990 g/mol. The third-order valence-corrected chi connectivity index (χ3v) is 38.1. The van der Waals surface area contributed by atoms with E-state index in [0.717, 1.165) is 70.3 Å². The fourth-order valence-electron chi connectivity index (χ4n) is 15.1. The van der Waals surface area contributed by atoms with Gasteiger partial charge in [0, 0.05) is 122 Å². The molecule has 0 fully saturated rings. The number of halogens is 6. The zero-order chi connectivity index (χ0) is 79.6. The van der Waals surface area contributed by atoms with Crippen LogP contribution in [-0.2, 0) is 35.2 Å². The lowest BCUT2D eigenvalue weighted by Crippen LogP contribution is -2.05. The first kappa shape index (κ1) is 88.4. The van der Waals surface area contributed by atoms with E-state index in [9.17, 15) is 14.0 Å². The molecule has 4 nitrogen and oxygen atoms in total. The normalized spacial score (nSPS) is 13.0. The molecule has 14 aromatic rings. The molecule has 0 bridgehead atoms. The highest BCUT2D eigenvalue weighted by Gasteiger charge is 2.31. The fourth-order valence-corrected chi connectivity index (χ4v) is 32.6. The number of aryl methyl sites for hydroxylation is 2. The molecule has 4 atom stereocenters. The SMILES string of the molecule is CCCCC(CC)Cc1ccc(-c2c3cc(-c4sc(C)c5sc(C(=O)OCCC)c(F)c45)sc3c(-c3ccc(CC(CC)CCCC)s3)c3cc(C)sc23)s1.CCCCC(CC)Cc1ccc(-c2c3cc(Br)sc3c(-c3ccc(CC(CC)CCCC)s3)c3cc(Br)sc23)s1.CCCOC(=O)c1sc2c(Br)sc(Br)c2c1F. The molecular formula is C90H100Br4F2O4S12. The second kappa shape index (κ2) is 41.4. The summed E-state index contributed by atoms with van der Waals surface area (Å²) in [6.45, 7) is 27.3. The lowest BCUT2D eigenvalue weighted by Gasteiger charge is -2.13. The van der Waals surface area contributed by atoms with Crippen LogP contribution in [0.4, 0.5) is 8.78 Å². The summed E-state index contributed by atoms with van der Waals surface area (Å²) in [5.74, 6) is 0.917. The summed E-state index contributed by atoms with van der Waals surface area (Å²) in [6.07, 6.45) is 26.6. The highest BCUT2D eigenvalue weighted by atomic mass is 79.9. The number of esters is 2. The smallest absolute Gasteiger partial charge is 0.351 e. The average Bonchev–Trinajstić information content (AvgIpc) is 1.56. The molecule has 598 valence electrons. The Hall–Kier alpha value is -2.88. The van der Waals surface area contributed by atoms with E-state index in [1.54, 1.807) is 22.7 Å². The van der Waals surface area contributed by atoms with Gasteiger partial charge in [-0.3, -0.25) is 0 Å². The maximum absolute atomic E-state index is 16.4. The monoisotopic (exact) mass is 1980 g/mol. The summed E-state index contributed by atoms with van der Waals surface area (Å²) in [6, 6.07) is 28.5. The summed E-state index contributed by atoms with van der Waals surface area (Å²) >= 11 is 35.2. The Morgan fingerprint density at radius 2 is 0.723 bits per heavy atom.